The van der Waals surface area contributed by atoms with E-state index in [4.69, 9.17) is 12.2 Å². The van der Waals surface area contributed by atoms with Gasteiger partial charge in [0.15, 0.2) is 0 Å². The molecule has 0 saturated heterocycles. The van der Waals surface area contributed by atoms with E-state index in [1.807, 2.05) is 6.92 Å². The summed E-state index contributed by atoms with van der Waals surface area (Å²) in [5.41, 5.74) is 4.43. The average Bonchev–Trinajstić information content (AvgIpc) is 1.89. The second-order valence-electron chi connectivity index (χ2n) is 2.16. The van der Waals surface area contributed by atoms with Gasteiger partial charge in [0, 0.05) is 13.0 Å². The monoisotopic (exact) mass is 127 g/mol. The van der Waals surface area contributed by atoms with E-state index in [-0.39, 0.29) is 6.54 Å². The molecule has 0 aliphatic heterocycles. The predicted octanol–water partition coefficient (Wildman–Crippen LogP) is 0.110. The molecule has 0 aromatic rings. The number of hydrogen-bond donors (Lipinski definition) is 2. The van der Waals surface area contributed by atoms with Crippen LogP contribution in [0, 0.1) is 12.3 Å². The zero-order chi connectivity index (χ0) is 7.33. The molecule has 0 rings (SSSR count). The zero-order valence-corrected chi connectivity index (χ0v) is 5.72. The van der Waals surface area contributed by atoms with Crippen molar-refractivity contribution in [1.29, 1.82) is 0 Å². The van der Waals surface area contributed by atoms with Gasteiger partial charge in [0.1, 0.15) is 0 Å². The second kappa shape index (κ2) is 3.49. The van der Waals surface area contributed by atoms with E-state index in [0.29, 0.717) is 12.8 Å². The van der Waals surface area contributed by atoms with Gasteiger partial charge in [-0.3, -0.25) is 0 Å². The van der Waals surface area contributed by atoms with Gasteiger partial charge in [-0.1, -0.05) is 6.92 Å². The first-order chi connectivity index (χ1) is 4.18. The van der Waals surface area contributed by atoms with Crippen LogP contribution in [0.2, 0.25) is 0 Å². The minimum Gasteiger partial charge on any atom is -0.388 e. The Labute approximate surface area is 56.1 Å². The van der Waals surface area contributed by atoms with Gasteiger partial charge in [0.05, 0.1) is 5.60 Å². The van der Waals surface area contributed by atoms with Crippen molar-refractivity contribution in [1.82, 2.24) is 0 Å². The fraction of sp³-hybridized carbons (Fsp3) is 0.714. The van der Waals surface area contributed by atoms with Crippen LogP contribution in [-0.4, -0.2) is 17.3 Å². The van der Waals surface area contributed by atoms with E-state index in [1.165, 1.54) is 0 Å². The molecular formula is C7H13NO. The van der Waals surface area contributed by atoms with Crippen molar-refractivity contribution in [2.45, 2.75) is 25.4 Å². The molecule has 0 aliphatic rings. The molecule has 0 saturated carbocycles. The summed E-state index contributed by atoms with van der Waals surface area (Å²) >= 11 is 0. The molecule has 0 aromatic heterocycles. The molecule has 0 amide bonds. The van der Waals surface area contributed by atoms with E-state index in [2.05, 4.69) is 5.92 Å². The maximum absolute atomic E-state index is 9.36. The van der Waals surface area contributed by atoms with E-state index < -0.39 is 5.60 Å². The highest BCUT2D eigenvalue weighted by atomic mass is 16.3. The highest BCUT2D eigenvalue weighted by molar-refractivity contribution is 4.95. The first kappa shape index (κ1) is 8.48. The summed E-state index contributed by atoms with van der Waals surface area (Å²) in [6.45, 7) is 2.11. The van der Waals surface area contributed by atoms with Gasteiger partial charge < -0.3 is 10.8 Å². The summed E-state index contributed by atoms with van der Waals surface area (Å²) < 4.78 is 0. The minimum absolute atomic E-state index is 0.244. The molecule has 9 heavy (non-hydrogen) atoms. The third-order valence-electron chi connectivity index (χ3n) is 1.47. The van der Waals surface area contributed by atoms with Crippen LogP contribution in [-0.2, 0) is 0 Å². The number of terminal acetylenes is 1. The van der Waals surface area contributed by atoms with Crippen LogP contribution in [0.5, 0.6) is 0 Å². The summed E-state index contributed by atoms with van der Waals surface area (Å²) in [6.07, 6.45) is 5.97. The van der Waals surface area contributed by atoms with E-state index >= 15 is 0 Å². The number of aliphatic hydroxyl groups is 1. The van der Waals surface area contributed by atoms with E-state index in [1.54, 1.807) is 0 Å². The van der Waals surface area contributed by atoms with Gasteiger partial charge in [-0.15, -0.1) is 12.3 Å². The lowest BCUT2D eigenvalue weighted by Crippen LogP contribution is -2.36. The molecular weight excluding hydrogens is 114 g/mol. The lowest BCUT2D eigenvalue weighted by atomic mass is 9.98. The Kier molecular flexibility index (Phi) is 3.29. The second-order valence-corrected chi connectivity index (χ2v) is 2.16. The zero-order valence-electron chi connectivity index (χ0n) is 5.72. The van der Waals surface area contributed by atoms with Crippen LogP contribution in [0.15, 0.2) is 0 Å². The van der Waals surface area contributed by atoms with Crippen molar-refractivity contribution in [2.75, 3.05) is 6.54 Å². The van der Waals surface area contributed by atoms with Crippen molar-refractivity contribution in [2.24, 2.45) is 5.73 Å². The Morgan fingerprint density at radius 2 is 2.33 bits per heavy atom. The predicted molar refractivity (Wildman–Crippen MR) is 37.7 cm³/mol. The largest absolute Gasteiger partial charge is 0.388 e. The molecule has 0 aromatic carbocycles. The van der Waals surface area contributed by atoms with Crippen molar-refractivity contribution >= 4 is 0 Å². The Morgan fingerprint density at radius 1 is 1.78 bits per heavy atom. The van der Waals surface area contributed by atoms with Crippen LogP contribution in [0.3, 0.4) is 0 Å². The fourth-order valence-electron chi connectivity index (χ4n) is 0.531. The molecule has 0 bridgehead atoms. The lowest BCUT2D eigenvalue weighted by Gasteiger charge is -2.21. The first-order valence-electron chi connectivity index (χ1n) is 3.04. The SMILES string of the molecule is C#CCC(O)(CC)CN. The molecule has 52 valence electrons. The molecule has 2 heteroatoms. The molecule has 0 radical (unpaired) electrons. The standard InChI is InChI=1S/C7H13NO/c1-3-5-7(9,4-2)6-8/h1,9H,4-6,8H2,2H3. The summed E-state index contributed by atoms with van der Waals surface area (Å²) in [7, 11) is 0. The Balaban J connectivity index is 3.80. The maximum atomic E-state index is 9.36. The fourth-order valence-corrected chi connectivity index (χ4v) is 0.531. The van der Waals surface area contributed by atoms with Crippen molar-refractivity contribution in [3.8, 4) is 12.3 Å². The Hall–Kier alpha value is -0.520. The first-order valence-corrected chi connectivity index (χ1v) is 3.04. The molecule has 3 N–H and O–H groups in total. The Bertz CT molecular complexity index is 111. The molecule has 0 aliphatic carbocycles. The van der Waals surface area contributed by atoms with Gasteiger partial charge in [-0.05, 0) is 6.42 Å². The molecule has 0 spiro atoms. The van der Waals surface area contributed by atoms with Crippen LogP contribution in [0.1, 0.15) is 19.8 Å². The lowest BCUT2D eigenvalue weighted by molar-refractivity contribution is 0.0506. The molecule has 1 atom stereocenters. The number of rotatable bonds is 3. The number of nitrogens with two attached hydrogens (primary N) is 1. The highest BCUT2D eigenvalue weighted by Crippen LogP contribution is 2.11. The third kappa shape index (κ3) is 2.50. The van der Waals surface area contributed by atoms with Gasteiger partial charge >= 0.3 is 0 Å². The smallest absolute Gasteiger partial charge is 0.0875 e. The number of hydrogen-bond acceptors (Lipinski definition) is 2. The van der Waals surface area contributed by atoms with Crippen molar-refractivity contribution in [3.05, 3.63) is 0 Å². The molecule has 0 fully saturated rings. The van der Waals surface area contributed by atoms with Gasteiger partial charge in [-0.25, -0.2) is 0 Å². The summed E-state index contributed by atoms with van der Waals surface area (Å²) in [4.78, 5) is 0. The topological polar surface area (TPSA) is 46.2 Å². The van der Waals surface area contributed by atoms with Crippen molar-refractivity contribution in [3.63, 3.8) is 0 Å². The average molecular weight is 127 g/mol. The molecule has 2 nitrogen and oxygen atoms in total. The molecule has 1 unspecified atom stereocenters. The summed E-state index contributed by atoms with van der Waals surface area (Å²) in [5, 5.41) is 9.36. The van der Waals surface area contributed by atoms with Gasteiger partial charge in [-0.2, -0.15) is 0 Å². The van der Waals surface area contributed by atoms with Gasteiger partial charge in [0.25, 0.3) is 0 Å². The quantitative estimate of drug-likeness (QED) is 0.528. The maximum Gasteiger partial charge on any atom is 0.0875 e. The van der Waals surface area contributed by atoms with Gasteiger partial charge in [0.2, 0.25) is 0 Å². The van der Waals surface area contributed by atoms with E-state index in [0.717, 1.165) is 0 Å². The van der Waals surface area contributed by atoms with Crippen LogP contribution >= 0.6 is 0 Å². The summed E-state index contributed by atoms with van der Waals surface area (Å²) in [6, 6.07) is 0. The van der Waals surface area contributed by atoms with E-state index in [9.17, 15) is 5.11 Å². The summed E-state index contributed by atoms with van der Waals surface area (Å²) in [5.74, 6) is 2.38. The highest BCUT2D eigenvalue weighted by Gasteiger charge is 2.20. The van der Waals surface area contributed by atoms with Crippen LogP contribution in [0.25, 0.3) is 0 Å². The molecule has 0 heterocycles. The third-order valence-corrected chi connectivity index (χ3v) is 1.47. The Morgan fingerprint density at radius 3 is 2.44 bits per heavy atom. The van der Waals surface area contributed by atoms with Crippen molar-refractivity contribution < 1.29 is 5.11 Å². The van der Waals surface area contributed by atoms with Crippen LogP contribution < -0.4 is 5.73 Å². The minimum atomic E-state index is -0.825. The van der Waals surface area contributed by atoms with Crippen LogP contribution in [0.4, 0.5) is 0 Å². The normalized spacial score (nSPS) is 16.2.